The number of nitrogen functional groups attached to an aromatic ring is 1. The molecule has 2 nitrogen and oxygen atoms in total. The molecular weight excluding hydrogens is 191 g/mol. The summed E-state index contributed by atoms with van der Waals surface area (Å²) in [6.07, 6.45) is 0. The van der Waals surface area contributed by atoms with Gasteiger partial charge in [-0.1, -0.05) is 13.0 Å². The van der Waals surface area contributed by atoms with Crippen LogP contribution >= 0.6 is 0 Å². The zero-order valence-corrected chi connectivity index (χ0v) is 9.63. The molecule has 0 fully saturated rings. The van der Waals surface area contributed by atoms with Gasteiger partial charge in [0.05, 0.1) is 5.69 Å². The van der Waals surface area contributed by atoms with Crippen LogP contribution in [0.1, 0.15) is 26.3 Å². The smallest absolute Gasteiger partial charge is 0.146 e. The summed E-state index contributed by atoms with van der Waals surface area (Å²) in [5, 5.41) is 0. The molecule has 15 heavy (non-hydrogen) atoms. The zero-order chi connectivity index (χ0) is 11.4. The first-order chi connectivity index (χ1) is 7.04. The van der Waals surface area contributed by atoms with Gasteiger partial charge in [0.1, 0.15) is 5.82 Å². The van der Waals surface area contributed by atoms with Crippen LogP contribution in [0.2, 0.25) is 0 Å². The number of anilines is 1. The number of halogens is 1. The maximum Gasteiger partial charge on any atom is 0.146 e. The van der Waals surface area contributed by atoms with Crippen molar-refractivity contribution in [2.75, 3.05) is 12.3 Å². The van der Waals surface area contributed by atoms with Gasteiger partial charge in [-0.3, -0.25) is 4.90 Å². The Labute approximate surface area is 90.9 Å². The van der Waals surface area contributed by atoms with E-state index in [0.717, 1.165) is 18.7 Å². The van der Waals surface area contributed by atoms with E-state index >= 15 is 0 Å². The molecule has 0 aliphatic heterocycles. The predicted molar refractivity (Wildman–Crippen MR) is 62.0 cm³/mol. The second-order valence-electron chi connectivity index (χ2n) is 4.01. The number of benzene rings is 1. The summed E-state index contributed by atoms with van der Waals surface area (Å²) < 4.78 is 13.2. The minimum absolute atomic E-state index is 0.214. The fourth-order valence-electron chi connectivity index (χ4n) is 1.56. The molecule has 0 spiro atoms. The summed E-state index contributed by atoms with van der Waals surface area (Å²) in [5.74, 6) is -0.327. The van der Waals surface area contributed by atoms with E-state index in [9.17, 15) is 4.39 Å². The summed E-state index contributed by atoms with van der Waals surface area (Å²) in [6, 6.07) is 5.48. The number of hydrogen-bond acceptors (Lipinski definition) is 2. The van der Waals surface area contributed by atoms with Crippen molar-refractivity contribution in [1.82, 2.24) is 4.90 Å². The lowest BCUT2D eigenvalue weighted by Gasteiger charge is -2.24. The molecule has 0 amide bonds. The molecule has 84 valence electrons. The van der Waals surface area contributed by atoms with Gasteiger partial charge in [-0.2, -0.15) is 0 Å². The highest BCUT2D eigenvalue weighted by atomic mass is 19.1. The van der Waals surface area contributed by atoms with E-state index in [2.05, 4.69) is 25.7 Å². The second-order valence-corrected chi connectivity index (χ2v) is 4.01. The summed E-state index contributed by atoms with van der Waals surface area (Å²) in [7, 11) is 0. The number of nitrogens with two attached hydrogens (primary N) is 1. The van der Waals surface area contributed by atoms with Gasteiger partial charge < -0.3 is 5.73 Å². The summed E-state index contributed by atoms with van der Waals surface area (Å²) in [6.45, 7) is 8.11. The lowest BCUT2D eigenvalue weighted by Crippen LogP contribution is -2.29. The maximum atomic E-state index is 13.2. The van der Waals surface area contributed by atoms with Crippen LogP contribution in [0.4, 0.5) is 10.1 Å². The second kappa shape index (κ2) is 5.12. The molecule has 0 aromatic heterocycles. The van der Waals surface area contributed by atoms with Crippen molar-refractivity contribution in [3.05, 3.63) is 29.6 Å². The normalized spacial score (nSPS) is 11.3. The molecule has 0 saturated carbocycles. The highest BCUT2D eigenvalue weighted by Gasteiger charge is 2.08. The van der Waals surface area contributed by atoms with Crippen molar-refractivity contribution in [2.45, 2.75) is 33.4 Å². The average Bonchev–Trinajstić information content (AvgIpc) is 2.19. The summed E-state index contributed by atoms with van der Waals surface area (Å²) in [4.78, 5) is 2.27. The Morgan fingerprint density at radius 1 is 1.40 bits per heavy atom. The Morgan fingerprint density at radius 3 is 2.53 bits per heavy atom. The number of rotatable bonds is 4. The first-order valence-corrected chi connectivity index (χ1v) is 5.32. The summed E-state index contributed by atoms with van der Waals surface area (Å²) in [5.41, 5.74) is 6.61. The molecule has 0 bridgehead atoms. The lowest BCUT2D eigenvalue weighted by atomic mass is 10.1. The Bertz CT molecular complexity index is 323. The standard InChI is InChI=1S/C12H19FN2/c1-4-15(9(2)3)8-10-5-6-12(14)11(13)7-10/h5-7,9H,4,8,14H2,1-3H3. The molecule has 0 aliphatic carbocycles. The molecule has 0 radical (unpaired) electrons. The van der Waals surface area contributed by atoms with Crippen LogP contribution in [0.5, 0.6) is 0 Å². The molecule has 3 heteroatoms. The molecule has 0 heterocycles. The van der Waals surface area contributed by atoms with Gasteiger partial charge in [-0.05, 0) is 38.1 Å². The van der Waals surface area contributed by atoms with E-state index in [-0.39, 0.29) is 11.5 Å². The van der Waals surface area contributed by atoms with Gasteiger partial charge in [0.15, 0.2) is 0 Å². The molecule has 0 saturated heterocycles. The molecular formula is C12H19FN2. The van der Waals surface area contributed by atoms with Crippen LogP contribution in [0.3, 0.4) is 0 Å². The minimum Gasteiger partial charge on any atom is -0.396 e. The van der Waals surface area contributed by atoms with Crippen LogP contribution in [0.15, 0.2) is 18.2 Å². The highest BCUT2D eigenvalue weighted by Crippen LogP contribution is 2.14. The fourth-order valence-corrected chi connectivity index (χ4v) is 1.56. The van der Waals surface area contributed by atoms with E-state index in [0.29, 0.717) is 6.04 Å². The first kappa shape index (κ1) is 12.0. The fraction of sp³-hybridized carbons (Fsp3) is 0.500. The van der Waals surface area contributed by atoms with E-state index in [1.807, 2.05) is 6.07 Å². The molecule has 1 aromatic carbocycles. The van der Waals surface area contributed by atoms with Crippen LogP contribution in [-0.4, -0.2) is 17.5 Å². The average molecular weight is 210 g/mol. The highest BCUT2D eigenvalue weighted by molar-refractivity contribution is 5.41. The van der Waals surface area contributed by atoms with Crippen molar-refractivity contribution in [3.63, 3.8) is 0 Å². The Kier molecular flexibility index (Phi) is 4.09. The monoisotopic (exact) mass is 210 g/mol. The van der Waals surface area contributed by atoms with Gasteiger partial charge in [-0.15, -0.1) is 0 Å². The zero-order valence-electron chi connectivity index (χ0n) is 9.63. The van der Waals surface area contributed by atoms with Crippen LogP contribution in [0.25, 0.3) is 0 Å². The molecule has 1 rings (SSSR count). The van der Waals surface area contributed by atoms with Gasteiger partial charge in [0.25, 0.3) is 0 Å². The third-order valence-corrected chi connectivity index (χ3v) is 2.59. The van der Waals surface area contributed by atoms with Crippen molar-refractivity contribution >= 4 is 5.69 Å². The quantitative estimate of drug-likeness (QED) is 0.774. The minimum atomic E-state index is -0.327. The Hall–Kier alpha value is -1.09. The molecule has 1 aromatic rings. The Balaban J connectivity index is 2.75. The molecule has 2 N–H and O–H groups in total. The predicted octanol–water partition coefficient (Wildman–Crippen LogP) is 2.64. The maximum absolute atomic E-state index is 13.2. The van der Waals surface area contributed by atoms with Crippen molar-refractivity contribution in [2.24, 2.45) is 0 Å². The van der Waals surface area contributed by atoms with Crippen molar-refractivity contribution in [1.29, 1.82) is 0 Å². The van der Waals surface area contributed by atoms with E-state index < -0.39 is 0 Å². The van der Waals surface area contributed by atoms with Crippen molar-refractivity contribution < 1.29 is 4.39 Å². The number of hydrogen-bond donors (Lipinski definition) is 1. The van der Waals surface area contributed by atoms with E-state index in [1.54, 1.807) is 6.07 Å². The first-order valence-electron chi connectivity index (χ1n) is 5.32. The topological polar surface area (TPSA) is 29.3 Å². The van der Waals surface area contributed by atoms with Crippen LogP contribution < -0.4 is 5.73 Å². The van der Waals surface area contributed by atoms with Gasteiger partial charge in [-0.25, -0.2) is 4.39 Å². The molecule has 0 aliphatic rings. The van der Waals surface area contributed by atoms with Crippen LogP contribution in [0, 0.1) is 5.82 Å². The van der Waals surface area contributed by atoms with E-state index in [4.69, 9.17) is 5.73 Å². The number of nitrogens with zero attached hydrogens (tertiary/aromatic N) is 1. The SMILES string of the molecule is CCN(Cc1ccc(N)c(F)c1)C(C)C. The van der Waals surface area contributed by atoms with Crippen molar-refractivity contribution in [3.8, 4) is 0 Å². The van der Waals surface area contributed by atoms with E-state index in [1.165, 1.54) is 6.07 Å². The molecule has 0 atom stereocenters. The third-order valence-electron chi connectivity index (χ3n) is 2.59. The summed E-state index contributed by atoms with van der Waals surface area (Å²) >= 11 is 0. The van der Waals surface area contributed by atoms with Gasteiger partial charge >= 0.3 is 0 Å². The molecule has 0 unspecified atom stereocenters. The lowest BCUT2D eigenvalue weighted by molar-refractivity contribution is 0.224. The third kappa shape index (κ3) is 3.20. The Morgan fingerprint density at radius 2 is 2.07 bits per heavy atom. The van der Waals surface area contributed by atoms with Gasteiger partial charge in [0.2, 0.25) is 0 Å². The largest absolute Gasteiger partial charge is 0.396 e. The van der Waals surface area contributed by atoms with Gasteiger partial charge in [0, 0.05) is 12.6 Å². The van der Waals surface area contributed by atoms with Crippen LogP contribution in [-0.2, 0) is 6.54 Å².